The molecule has 2 saturated heterocycles. The molecule has 178 valence electrons. The number of hydrogen-bond acceptors (Lipinski definition) is 9. The summed E-state index contributed by atoms with van der Waals surface area (Å²) in [6.45, 7) is 5.81. The third-order valence-electron chi connectivity index (χ3n) is 6.73. The van der Waals surface area contributed by atoms with Crippen LogP contribution in [0.15, 0.2) is 42.7 Å². The lowest BCUT2D eigenvalue weighted by atomic mass is 9.91. The molecular formula is C25H30N6O3. The molecule has 9 heteroatoms. The van der Waals surface area contributed by atoms with Gasteiger partial charge < -0.3 is 24.8 Å². The number of benzene rings is 1. The second-order valence-electron chi connectivity index (χ2n) is 9.20. The van der Waals surface area contributed by atoms with Crippen molar-refractivity contribution in [3.05, 3.63) is 42.7 Å². The first-order chi connectivity index (χ1) is 16.5. The number of aromatic hydroxyl groups is 1. The second kappa shape index (κ2) is 9.52. The first kappa shape index (κ1) is 22.5. The summed E-state index contributed by atoms with van der Waals surface area (Å²) in [5, 5.41) is 23.4. The van der Waals surface area contributed by atoms with Crippen LogP contribution in [0.5, 0.6) is 11.6 Å². The van der Waals surface area contributed by atoms with Crippen LogP contribution in [0, 0.1) is 0 Å². The minimum Gasteiger partial charge on any atom is -0.507 e. The summed E-state index contributed by atoms with van der Waals surface area (Å²) in [7, 11) is 1.56. The van der Waals surface area contributed by atoms with Crippen LogP contribution >= 0.6 is 0 Å². The van der Waals surface area contributed by atoms with Crippen LogP contribution in [-0.2, 0) is 4.74 Å². The predicted molar refractivity (Wildman–Crippen MR) is 129 cm³/mol. The van der Waals surface area contributed by atoms with Gasteiger partial charge >= 0.3 is 0 Å². The van der Waals surface area contributed by atoms with Gasteiger partial charge in [0.1, 0.15) is 12.1 Å². The zero-order valence-corrected chi connectivity index (χ0v) is 19.6. The molecule has 5 rings (SSSR count). The summed E-state index contributed by atoms with van der Waals surface area (Å²) in [6.07, 6.45) is 4.61. The Labute approximate surface area is 199 Å². The minimum atomic E-state index is 0.118. The smallest absolute Gasteiger partial charge is 0.216 e. The Morgan fingerprint density at radius 1 is 1.09 bits per heavy atom. The fourth-order valence-corrected chi connectivity index (χ4v) is 4.70. The van der Waals surface area contributed by atoms with Gasteiger partial charge in [-0.15, -0.1) is 10.2 Å². The topological polar surface area (TPSA) is 106 Å². The predicted octanol–water partition coefficient (Wildman–Crippen LogP) is 3.05. The lowest BCUT2D eigenvalue weighted by Gasteiger charge is -2.37. The normalized spacial score (nSPS) is 19.8. The molecular weight excluding hydrogens is 432 g/mol. The lowest BCUT2D eigenvalue weighted by Crippen LogP contribution is -2.52. The molecule has 2 aromatic heterocycles. The highest BCUT2D eigenvalue weighted by Gasteiger charge is 2.33. The van der Waals surface area contributed by atoms with E-state index in [1.165, 1.54) is 6.33 Å². The van der Waals surface area contributed by atoms with E-state index in [0.29, 0.717) is 28.9 Å². The third kappa shape index (κ3) is 4.80. The van der Waals surface area contributed by atoms with E-state index in [4.69, 9.17) is 9.47 Å². The highest BCUT2D eigenvalue weighted by atomic mass is 16.5. The highest BCUT2D eigenvalue weighted by molar-refractivity contribution is 5.73. The Kier molecular flexibility index (Phi) is 6.30. The molecule has 1 atom stereocenters. The van der Waals surface area contributed by atoms with Crippen molar-refractivity contribution in [3.8, 4) is 34.1 Å². The van der Waals surface area contributed by atoms with E-state index < -0.39 is 0 Å². The molecule has 1 aromatic carbocycles. The number of ether oxygens (including phenoxy) is 2. The summed E-state index contributed by atoms with van der Waals surface area (Å²) in [5.41, 5.74) is 2.82. The fourth-order valence-electron chi connectivity index (χ4n) is 4.70. The number of hydrogen-bond donors (Lipinski definition) is 2. The third-order valence-corrected chi connectivity index (χ3v) is 6.73. The van der Waals surface area contributed by atoms with Crippen LogP contribution in [-0.4, -0.2) is 70.3 Å². The summed E-state index contributed by atoms with van der Waals surface area (Å²) in [6, 6.07) is 11.4. The Hall–Kier alpha value is -3.30. The van der Waals surface area contributed by atoms with Gasteiger partial charge in [0, 0.05) is 55.1 Å². The molecule has 4 heterocycles. The SMILES string of the molecule is COc1cc(-c2ccc(-c3ccc(N4CC[C@H](NC5(C)CCOCC5)C4)nn3)c(O)c2)ncn1. The van der Waals surface area contributed by atoms with Crippen LogP contribution in [0.2, 0.25) is 0 Å². The maximum atomic E-state index is 10.7. The number of methoxy groups -OCH3 is 1. The quantitative estimate of drug-likeness (QED) is 0.572. The van der Waals surface area contributed by atoms with E-state index in [2.05, 4.69) is 37.3 Å². The van der Waals surface area contributed by atoms with Crippen LogP contribution in [0.4, 0.5) is 5.82 Å². The van der Waals surface area contributed by atoms with E-state index >= 15 is 0 Å². The maximum absolute atomic E-state index is 10.7. The standard InChI is InChI=1S/C25H30N6O3/c1-25(8-11-34-12-9-25)28-18-7-10-31(15-18)23-6-5-20(29-30-23)19-4-3-17(13-22(19)32)21-14-24(33-2)27-16-26-21/h3-6,13-14,16,18,28,32H,7-12,15H2,1-2H3/t18-/m0/s1. The molecule has 0 unspecified atom stereocenters. The Balaban J connectivity index is 1.26. The number of aromatic nitrogens is 4. The monoisotopic (exact) mass is 462 g/mol. The fraction of sp³-hybridized carbons (Fsp3) is 0.440. The van der Waals surface area contributed by atoms with Gasteiger partial charge in [-0.2, -0.15) is 0 Å². The van der Waals surface area contributed by atoms with Crippen molar-refractivity contribution in [1.82, 2.24) is 25.5 Å². The Morgan fingerprint density at radius 2 is 1.94 bits per heavy atom. The molecule has 0 bridgehead atoms. The molecule has 2 aliphatic rings. The molecule has 0 amide bonds. The van der Waals surface area contributed by atoms with E-state index in [9.17, 15) is 5.11 Å². The number of rotatable bonds is 6. The van der Waals surface area contributed by atoms with Crippen molar-refractivity contribution in [3.63, 3.8) is 0 Å². The molecule has 0 spiro atoms. The highest BCUT2D eigenvalue weighted by Crippen LogP contribution is 2.33. The van der Waals surface area contributed by atoms with Crippen molar-refractivity contribution in [2.45, 2.75) is 37.8 Å². The molecule has 0 aliphatic carbocycles. The molecule has 9 nitrogen and oxygen atoms in total. The Bertz CT molecular complexity index is 1130. The van der Waals surface area contributed by atoms with Gasteiger partial charge in [-0.1, -0.05) is 6.07 Å². The van der Waals surface area contributed by atoms with Gasteiger partial charge in [0.2, 0.25) is 5.88 Å². The van der Waals surface area contributed by atoms with Gasteiger partial charge in [0.25, 0.3) is 0 Å². The number of nitrogens with zero attached hydrogens (tertiary/aromatic N) is 5. The first-order valence-corrected chi connectivity index (χ1v) is 11.7. The average Bonchev–Trinajstić information content (AvgIpc) is 3.32. The number of anilines is 1. The molecule has 2 aliphatic heterocycles. The lowest BCUT2D eigenvalue weighted by molar-refractivity contribution is 0.0415. The molecule has 2 fully saturated rings. The zero-order chi connectivity index (χ0) is 23.5. The van der Waals surface area contributed by atoms with Gasteiger partial charge in [-0.05, 0) is 50.5 Å². The summed E-state index contributed by atoms with van der Waals surface area (Å²) < 4.78 is 10.7. The maximum Gasteiger partial charge on any atom is 0.216 e. The first-order valence-electron chi connectivity index (χ1n) is 11.7. The van der Waals surface area contributed by atoms with Gasteiger partial charge in [-0.25, -0.2) is 9.97 Å². The van der Waals surface area contributed by atoms with Gasteiger partial charge in [-0.3, -0.25) is 0 Å². The van der Waals surface area contributed by atoms with Crippen LogP contribution in [0.25, 0.3) is 22.5 Å². The van der Waals surface area contributed by atoms with E-state index in [1.807, 2.05) is 24.3 Å². The number of phenolic OH excluding ortho intramolecular Hbond substituents is 1. The largest absolute Gasteiger partial charge is 0.507 e. The van der Waals surface area contributed by atoms with Crippen LogP contribution in [0.3, 0.4) is 0 Å². The second-order valence-corrected chi connectivity index (χ2v) is 9.20. The Morgan fingerprint density at radius 3 is 2.68 bits per heavy atom. The van der Waals surface area contributed by atoms with E-state index in [-0.39, 0.29) is 11.3 Å². The van der Waals surface area contributed by atoms with Crippen LogP contribution in [0.1, 0.15) is 26.2 Å². The van der Waals surface area contributed by atoms with Gasteiger partial charge in [0.15, 0.2) is 5.82 Å². The molecule has 3 aromatic rings. The van der Waals surface area contributed by atoms with Crippen molar-refractivity contribution in [2.75, 3.05) is 38.3 Å². The number of nitrogens with one attached hydrogen (secondary N) is 1. The summed E-state index contributed by atoms with van der Waals surface area (Å²) >= 11 is 0. The van der Waals surface area contributed by atoms with Gasteiger partial charge in [0.05, 0.1) is 18.5 Å². The van der Waals surface area contributed by atoms with Crippen molar-refractivity contribution in [2.24, 2.45) is 0 Å². The summed E-state index contributed by atoms with van der Waals surface area (Å²) in [5.74, 6) is 1.44. The zero-order valence-electron chi connectivity index (χ0n) is 19.6. The minimum absolute atomic E-state index is 0.118. The molecule has 2 N–H and O–H groups in total. The average molecular weight is 463 g/mol. The van der Waals surface area contributed by atoms with Crippen molar-refractivity contribution in [1.29, 1.82) is 0 Å². The van der Waals surface area contributed by atoms with Crippen molar-refractivity contribution >= 4 is 5.82 Å². The van der Waals surface area contributed by atoms with E-state index in [0.717, 1.165) is 56.9 Å². The van der Waals surface area contributed by atoms with Crippen molar-refractivity contribution < 1.29 is 14.6 Å². The molecule has 0 radical (unpaired) electrons. The summed E-state index contributed by atoms with van der Waals surface area (Å²) in [4.78, 5) is 10.5. The number of phenols is 1. The molecule has 34 heavy (non-hydrogen) atoms. The van der Waals surface area contributed by atoms with E-state index in [1.54, 1.807) is 19.2 Å². The molecule has 0 saturated carbocycles. The van der Waals surface area contributed by atoms with Crippen LogP contribution < -0.4 is 15.0 Å².